The molecule has 5 nitrogen and oxygen atoms in total. The number of aryl methyl sites for hydroxylation is 1. The molecular weight excluding hydrogens is 342 g/mol. The van der Waals surface area contributed by atoms with E-state index in [1.54, 1.807) is 11.3 Å². The molecule has 7 heteroatoms. The lowest BCUT2D eigenvalue weighted by atomic mass is 9.83. The lowest BCUT2D eigenvalue weighted by molar-refractivity contribution is -0.128. The van der Waals surface area contributed by atoms with Crippen LogP contribution >= 0.6 is 23.1 Å². The van der Waals surface area contributed by atoms with Crippen LogP contribution in [0.25, 0.3) is 0 Å². The zero-order valence-corrected chi connectivity index (χ0v) is 15.7. The smallest absolute Gasteiger partial charge is 0.223 e. The SMILES string of the molecule is Cc1csc(SC2CCC(NC(=O)[C@H]3CC[C@H](N)[C@@H](O)C3)CC2)n1. The predicted octanol–water partition coefficient (Wildman–Crippen LogP) is 2.46. The number of rotatable bonds is 4. The van der Waals surface area contributed by atoms with Crippen molar-refractivity contribution in [1.82, 2.24) is 10.3 Å². The first-order valence-electron chi connectivity index (χ1n) is 8.84. The highest BCUT2D eigenvalue weighted by Gasteiger charge is 2.32. The number of carbonyl (C=O) groups is 1. The summed E-state index contributed by atoms with van der Waals surface area (Å²) in [6.45, 7) is 2.03. The van der Waals surface area contributed by atoms with Gasteiger partial charge in [0, 0.05) is 34.3 Å². The Morgan fingerprint density at radius 2 is 2.08 bits per heavy atom. The Morgan fingerprint density at radius 3 is 2.71 bits per heavy atom. The summed E-state index contributed by atoms with van der Waals surface area (Å²) < 4.78 is 1.16. The Labute approximate surface area is 151 Å². The second-order valence-electron chi connectivity index (χ2n) is 7.10. The molecule has 24 heavy (non-hydrogen) atoms. The summed E-state index contributed by atoms with van der Waals surface area (Å²) >= 11 is 3.60. The minimum Gasteiger partial charge on any atom is -0.391 e. The lowest BCUT2D eigenvalue weighted by Crippen LogP contribution is -2.47. The van der Waals surface area contributed by atoms with Gasteiger partial charge in [0.25, 0.3) is 0 Å². The summed E-state index contributed by atoms with van der Waals surface area (Å²) in [5, 5.41) is 15.8. The van der Waals surface area contributed by atoms with Crippen molar-refractivity contribution in [3.05, 3.63) is 11.1 Å². The fourth-order valence-corrected chi connectivity index (χ4v) is 5.87. The van der Waals surface area contributed by atoms with Crippen LogP contribution in [0.15, 0.2) is 9.72 Å². The summed E-state index contributed by atoms with van der Waals surface area (Å²) in [6, 6.07) is 0.108. The van der Waals surface area contributed by atoms with Crippen molar-refractivity contribution in [2.24, 2.45) is 11.7 Å². The first kappa shape index (κ1) is 18.2. The largest absolute Gasteiger partial charge is 0.391 e. The van der Waals surface area contributed by atoms with Gasteiger partial charge < -0.3 is 16.2 Å². The number of aliphatic hydroxyl groups excluding tert-OH is 1. The van der Waals surface area contributed by atoms with Crippen molar-refractivity contribution in [2.45, 2.75) is 79.6 Å². The van der Waals surface area contributed by atoms with Crippen molar-refractivity contribution in [3.8, 4) is 0 Å². The van der Waals surface area contributed by atoms with E-state index in [1.807, 2.05) is 18.7 Å². The Hall–Kier alpha value is -0.630. The highest BCUT2D eigenvalue weighted by atomic mass is 32.2. The molecule has 1 aromatic rings. The van der Waals surface area contributed by atoms with Crippen LogP contribution < -0.4 is 11.1 Å². The molecule has 1 heterocycles. The third-order valence-corrected chi connectivity index (χ3v) is 7.55. The van der Waals surface area contributed by atoms with E-state index in [1.165, 1.54) is 0 Å². The third kappa shape index (κ3) is 4.71. The number of thiazole rings is 1. The minimum atomic E-state index is -0.539. The Balaban J connectivity index is 1.41. The molecule has 0 bridgehead atoms. The molecule has 0 radical (unpaired) electrons. The number of carbonyl (C=O) groups excluding carboxylic acids is 1. The first-order valence-corrected chi connectivity index (χ1v) is 10.6. The van der Waals surface area contributed by atoms with E-state index in [4.69, 9.17) is 5.73 Å². The molecule has 2 aliphatic rings. The van der Waals surface area contributed by atoms with E-state index in [0.29, 0.717) is 11.7 Å². The van der Waals surface area contributed by atoms with Crippen LogP contribution in [0.5, 0.6) is 0 Å². The normalized spacial score (nSPS) is 34.0. The number of hydrogen-bond acceptors (Lipinski definition) is 6. The van der Waals surface area contributed by atoms with Gasteiger partial charge >= 0.3 is 0 Å². The number of hydrogen-bond donors (Lipinski definition) is 3. The van der Waals surface area contributed by atoms with Crippen LogP contribution in [0.1, 0.15) is 50.6 Å². The quantitative estimate of drug-likeness (QED) is 0.759. The fourth-order valence-electron chi connectivity index (χ4n) is 3.58. The molecule has 1 aromatic heterocycles. The zero-order chi connectivity index (χ0) is 17.1. The molecule has 4 N–H and O–H groups in total. The number of nitrogens with one attached hydrogen (secondary N) is 1. The molecule has 2 fully saturated rings. The van der Waals surface area contributed by atoms with E-state index in [-0.39, 0.29) is 23.9 Å². The maximum Gasteiger partial charge on any atom is 0.223 e. The average Bonchev–Trinajstić information content (AvgIpc) is 2.97. The van der Waals surface area contributed by atoms with E-state index in [2.05, 4.69) is 15.7 Å². The number of nitrogens with two attached hydrogens (primary N) is 1. The first-order chi connectivity index (χ1) is 11.5. The lowest BCUT2D eigenvalue weighted by Gasteiger charge is -2.33. The molecule has 134 valence electrons. The van der Waals surface area contributed by atoms with Crippen LogP contribution in [-0.2, 0) is 4.79 Å². The monoisotopic (exact) mass is 369 g/mol. The Bertz CT molecular complexity index is 558. The predicted molar refractivity (Wildman–Crippen MR) is 98.2 cm³/mol. The van der Waals surface area contributed by atoms with Gasteiger partial charge in [-0.05, 0) is 51.9 Å². The van der Waals surface area contributed by atoms with Crippen LogP contribution in [0.2, 0.25) is 0 Å². The fraction of sp³-hybridized carbons (Fsp3) is 0.765. The van der Waals surface area contributed by atoms with Crippen molar-refractivity contribution in [1.29, 1.82) is 0 Å². The van der Waals surface area contributed by atoms with Gasteiger partial charge in [0.1, 0.15) is 4.34 Å². The number of thioether (sulfide) groups is 1. The minimum absolute atomic E-state index is 0.0785. The van der Waals surface area contributed by atoms with Crippen molar-refractivity contribution in [3.63, 3.8) is 0 Å². The molecule has 3 atom stereocenters. The molecule has 3 rings (SSSR count). The summed E-state index contributed by atoms with van der Waals surface area (Å²) in [5.41, 5.74) is 6.91. The molecule has 2 aliphatic carbocycles. The topological polar surface area (TPSA) is 88.2 Å². The molecular formula is C17H27N3O2S2. The van der Waals surface area contributed by atoms with E-state index >= 15 is 0 Å². The van der Waals surface area contributed by atoms with Crippen LogP contribution in [0, 0.1) is 12.8 Å². The van der Waals surface area contributed by atoms with Gasteiger partial charge in [0.15, 0.2) is 0 Å². The Morgan fingerprint density at radius 1 is 1.33 bits per heavy atom. The molecule has 0 spiro atoms. The van der Waals surface area contributed by atoms with Crippen molar-refractivity contribution >= 4 is 29.0 Å². The zero-order valence-electron chi connectivity index (χ0n) is 14.1. The summed E-state index contributed by atoms with van der Waals surface area (Å²) in [6.07, 6.45) is 5.78. The molecule has 0 unspecified atom stereocenters. The highest BCUT2D eigenvalue weighted by molar-refractivity contribution is 8.01. The van der Waals surface area contributed by atoms with Crippen LogP contribution in [-0.4, -0.2) is 39.4 Å². The van der Waals surface area contributed by atoms with Gasteiger partial charge in [0.2, 0.25) is 5.91 Å². The van der Waals surface area contributed by atoms with Crippen molar-refractivity contribution < 1.29 is 9.90 Å². The Kier molecular flexibility index (Phi) is 6.18. The highest BCUT2D eigenvalue weighted by Crippen LogP contribution is 2.35. The summed E-state index contributed by atoms with van der Waals surface area (Å²) in [5.74, 6) is 0.0257. The molecule has 0 saturated heterocycles. The molecule has 2 saturated carbocycles. The maximum atomic E-state index is 12.4. The van der Waals surface area contributed by atoms with Gasteiger partial charge in [-0.2, -0.15) is 0 Å². The number of amides is 1. The summed E-state index contributed by atoms with van der Waals surface area (Å²) in [7, 11) is 0. The number of aliphatic hydroxyl groups is 1. The van der Waals surface area contributed by atoms with E-state index < -0.39 is 6.10 Å². The van der Waals surface area contributed by atoms with Gasteiger partial charge in [-0.25, -0.2) is 4.98 Å². The second-order valence-corrected chi connectivity index (χ2v) is 9.50. The van der Waals surface area contributed by atoms with Crippen LogP contribution in [0.4, 0.5) is 0 Å². The third-order valence-electron chi connectivity index (χ3n) is 5.13. The summed E-state index contributed by atoms with van der Waals surface area (Å²) in [4.78, 5) is 16.9. The van der Waals surface area contributed by atoms with Crippen molar-refractivity contribution in [2.75, 3.05) is 0 Å². The molecule has 0 aliphatic heterocycles. The van der Waals surface area contributed by atoms with Crippen LogP contribution in [0.3, 0.4) is 0 Å². The van der Waals surface area contributed by atoms with Gasteiger partial charge in [0.05, 0.1) is 6.10 Å². The number of nitrogens with zero attached hydrogens (tertiary/aromatic N) is 1. The molecule has 0 aromatic carbocycles. The van der Waals surface area contributed by atoms with E-state index in [0.717, 1.165) is 48.6 Å². The van der Waals surface area contributed by atoms with Gasteiger partial charge in [-0.1, -0.05) is 11.8 Å². The van der Waals surface area contributed by atoms with Gasteiger partial charge in [-0.3, -0.25) is 4.79 Å². The van der Waals surface area contributed by atoms with Gasteiger partial charge in [-0.15, -0.1) is 11.3 Å². The average molecular weight is 370 g/mol. The second kappa shape index (κ2) is 8.17. The standard InChI is InChI=1S/C17H27N3O2S2/c1-10-9-23-17(19-10)24-13-5-3-12(4-6-13)20-16(22)11-2-7-14(18)15(21)8-11/h9,11-15,21H,2-8,18H2,1H3,(H,20,22)/t11-,12?,13?,14-,15-/m0/s1. The molecule has 1 amide bonds. The maximum absolute atomic E-state index is 12.4. The number of aromatic nitrogens is 1. The van der Waals surface area contributed by atoms with E-state index in [9.17, 15) is 9.90 Å².